The lowest BCUT2D eigenvalue weighted by Gasteiger charge is -2.22. The Balaban J connectivity index is 3.39. The first-order valence-electron chi connectivity index (χ1n) is 6.27. The van der Waals surface area contributed by atoms with Gasteiger partial charge in [0.15, 0.2) is 0 Å². The standard InChI is InChI=1S/C13H28O/c1-5-6-7-8-9-10-13(14)12(4)11(2)3/h11-14H,5-10H2,1-4H3. The van der Waals surface area contributed by atoms with E-state index in [1.165, 1.54) is 32.1 Å². The van der Waals surface area contributed by atoms with Gasteiger partial charge in [-0.1, -0.05) is 59.8 Å². The lowest BCUT2D eigenvalue weighted by Crippen LogP contribution is -2.22. The fourth-order valence-corrected chi connectivity index (χ4v) is 1.66. The number of hydrogen-bond acceptors (Lipinski definition) is 1. The molecule has 1 nitrogen and oxygen atoms in total. The van der Waals surface area contributed by atoms with Crippen molar-refractivity contribution in [1.82, 2.24) is 0 Å². The summed E-state index contributed by atoms with van der Waals surface area (Å²) in [5.41, 5.74) is 0. The third-order valence-corrected chi connectivity index (χ3v) is 3.26. The summed E-state index contributed by atoms with van der Waals surface area (Å²) in [6.07, 6.45) is 7.36. The molecule has 0 radical (unpaired) electrons. The van der Waals surface area contributed by atoms with E-state index in [1.54, 1.807) is 0 Å². The average Bonchev–Trinajstić information content (AvgIpc) is 2.16. The Morgan fingerprint density at radius 2 is 1.50 bits per heavy atom. The van der Waals surface area contributed by atoms with Crippen molar-refractivity contribution in [3.05, 3.63) is 0 Å². The number of rotatable bonds is 8. The zero-order valence-electron chi connectivity index (χ0n) is 10.4. The maximum Gasteiger partial charge on any atom is 0.0568 e. The van der Waals surface area contributed by atoms with Crippen molar-refractivity contribution in [3.8, 4) is 0 Å². The fraction of sp³-hybridized carbons (Fsp3) is 1.00. The SMILES string of the molecule is CCCCCCCC(O)C(C)C(C)C. The van der Waals surface area contributed by atoms with Crippen molar-refractivity contribution >= 4 is 0 Å². The van der Waals surface area contributed by atoms with Gasteiger partial charge >= 0.3 is 0 Å². The predicted octanol–water partition coefficient (Wildman–Crippen LogP) is 4.00. The first kappa shape index (κ1) is 14.0. The molecule has 14 heavy (non-hydrogen) atoms. The van der Waals surface area contributed by atoms with Gasteiger partial charge in [-0.05, 0) is 18.3 Å². The summed E-state index contributed by atoms with van der Waals surface area (Å²) in [7, 11) is 0. The maximum absolute atomic E-state index is 9.84. The molecule has 0 aliphatic heterocycles. The second-order valence-electron chi connectivity index (χ2n) is 4.87. The average molecular weight is 200 g/mol. The zero-order chi connectivity index (χ0) is 11.0. The van der Waals surface area contributed by atoms with Crippen LogP contribution in [-0.4, -0.2) is 11.2 Å². The van der Waals surface area contributed by atoms with E-state index < -0.39 is 0 Å². The van der Waals surface area contributed by atoms with Crippen LogP contribution in [0, 0.1) is 11.8 Å². The van der Waals surface area contributed by atoms with E-state index in [4.69, 9.17) is 0 Å². The van der Waals surface area contributed by atoms with Gasteiger partial charge in [-0.15, -0.1) is 0 Å². The summed E-state index contributed by atoms with van der Waals surface area (Å²) in [5.74, 6) is 1.04. The van der Waals surface area contributed by atoms with E-state index >= 15 is 0 Å². The summed E-state index contributed by atoms with van der Waals surface area (Å²) < 4.78 is 0. The Morgan fingerprint density at radius 3 is 2.00 bits per heavy atom. The quantitative estimate of drug-likeness (QED) is 0.587. The molecule has 0 aromatic carbocycles. The van der Waals surface area contributed by atoms with Crippen LogP contribution >= 0.6 is 0 Å². The van der Waals surface area contributed by atoms with E-state index in [0.29, 0.717) is 11.8 Å². The van der Waals surface area contributed by atoms with Gasteiger partial charge in [-0.25, -0.2) is 0 Å². The molecule has 0 saturated carbocycles. The van der Waals surface area contributed by atoms with Crippen LogP contribution in [0.25, 0.3) is 0 Å². The molecule has 1 heteroatoms. The molecular weight excluding hydrogens is 172 g/mol. The van der Waals surface area contributed by atoms with Crippen molar-refractivity contribution in [1.29, 1.82) is 0 Å². The summed E-state index contributed by atoms with van der Waals surface area (Å²) in [6.45, 7) is 8.76. The maximum atomic E-state index is 9.84. The molecule has 0 aromatic rings. The van der Waals surface area contributed by atoms with E-state index in [2.05, 4.69) is 27.7 Å². The van der Waals surface area contributed by atoms with Gasteiger partial charge in [-0.2, -0.15) is 0 Å². The highest BCUT2D eigenvalue weighted by Crippen LogP contribution is 2.19. The highest BCUT2D eigenvalue weighted by molar-refractivity contribution is 4.67. The molecule has 0 spiro atoms. The van der Waals surface area contributed by atoms with Crippen molar-refractivity contribution < 1.29 is 5.11 Å². The van der Waals surface area contributed by atoms with Crippen molar-refractivity contribution in [2.75, 3.05) is 0 Å². The second-order valence-corrected chi connectivity index (χ2v) is 4.87. The van der Waals surface area contributed by atoms with Gasteiger partial charge in [0.25, 0.3) is 0 Å². The highest BCUT2D eigenvalue weighted by Gasteiger charge is 2.16. The van der Waals surface area contributed by atoms with Crippen LogP contribution in [0.4, 0.5) is 0 Å². The molecule has 0 aliphatic carbocycles. The normalized spacial score (nSPS) is 15.9. The third-order valence-electron chi connectivity index (χ3n) is 3.26. The second kappa shape index (κ2) is 8.28. The Morgan fingerprint density at radius 1 is 0.929 bits per heavy atom. The van der Waals surface area contributed by atoms with Gasteiger partial charge in [-0.3, -0.25) is 0 Å². The Hall–Kier alpha value is -0.0400. The van der Waals surface area contributed by atoms with Crippen LogP contribution in [0.15, 0.2) is 0 Å². The van der Waals surface area contributed by atoms with Gasteiger partial charge in [0.2, 0.25) is 0 Å². The van der Waals surface area contributed by atoms with E-state index in [9.17, 15) is 5.11 Å². The summed E-state index contributed by atoms with van der Waals surface area (Å²) in [6, 6.07) is 0. The lowest BCUT2D eigenvalue weighted by atomic mass is 9.89. The molecule has 1 N–H and O–H groups in total. The van der Waals surface area contributed by atoms with E-state index in [1.807, 2.05) is 0 Å². The van der Waals surface area contributed by atoms with Crippen molar-refractivity contribution in [2.24, 2.45) is 11.8 Å². The molecule has 0 rings (SSSR count). The van der Waals surface area contributed by atoms with Crippen molar-refractivity contribution in [2.45, 2.75) is 72.3 Å². The first-order valence-corrected chi connectivity index (χ1v) is 6.27. The largest absolute Gasteiger partial charge is 0.393 e. The molecule has 2 unspecified atom stereocenters. The molecule has 2 atom stereocenters. The highest BCUT2D eigenvalue weighted by atomic mass is 16.3. The zero-order valence-corrected chi connectivity index (χ0v) is 10.4. The van der Waals surface area contributed by atoms with Crippen LogP contribution in [0.3, 0.4) is 0 Å². The van der Waals surface area contributed by atoms with Gasteiger partial charge in [0.05, 0.1) is 6.10 Å². The minimum atomic E-state index is -0.0865. The van der Waals surface area contributed by atoms with Gasteiger partial charge in [0.1, 0.15) is 0 Å². The summed E-state index contributed by atoms with van der Waals surface area (Å²) >= 11 is 0. The molecule has 0 saturated heterocycles. The lowest BCUT2D eigenvalue weighted by molar-refractivity contribution is 0.0813. The molecule has 0 amide bonds. The summed E-state index contributed by atoms with van der Waals surface area (Å²) in [4.78, 5) is 0. The molecule has 0 fully saturated rings. The minimum absolute atomic E-state index is 0.0865. The molecule has 0 aliphatic rings. The smallest absolute Gasteiger partial charge is 0.0568 e. The monoisotopic (exact) mass is 200 g/mol. The van der Waals surface area contributed by atoms with Crippen LogP contribution in [0.5, 0.6) is 0 Å². The minimum Gasteiger partial charge on any atom is -0.393 e. The molecule has 0 bridgehead atoms. The van der Waals surface area contributed by atoms with Crippen LogP contribution in [-0.2, 0) is 0 Å². The third kappa shape index (κ3) is 6.42. The Kier molecular flexibility index (Phi) is 8.26. The van der Waals surface area contributed by atoms with Crippen LogP contribution in [0.2, 0.25) is 0 Å². The van der Waals surface area contributed by atoms with Crippen molar-refractivity contribution in [3.63, 3.8) is 0 Å². The first-order chi connectivity index (χ1) is 6.59. The van der Waals surface area contributed by atoms with Gasteiger partial charge < -0.3 is 5.11 Å². The van der Waals surface area contributed by atoms with Crippen LogP contribution in [0.1, 0.15) is 66.2 Å². The molecule has 0 heterocycles. The fourth-order valence-electron chi connectivity index (χ4n) is 1.66. The molecular formula is C13H28O. The number of unbranched alkanes of at least 4 members (excludes halogenated alkanes) is 4. The van der Waals surface area contributed by atoms with Gasteiger partial charge in [0, 0.05) is 0 Å². The van der Waals surface area contributed by atoms with E-state index in [0.717, 1.165) is 6.42 Å². The topological polar surface area (TPSA) is 20.2 Å². The Labute approximate surface area is 89.9 Å². The van der Waals surface area contributed by atoms with Crippen LogP contribution < -0.4 is 0 Å². The number of aliphatic hydroxyl groups is 1. The van der Waals surface area contributed by atoms with E-state index in [-0.39, 0.29) is 6.10 Å². The predicted molar refractivity (Wildman–Crippen MR) is 63.4 cm³/mol. The molecule has 86 valence electrons. The number of aliphatic hydroxyl groups excluding tert-OH is 1. The number of hydrogen-bond donors (Lipinski definition) is 1. The Bertz CT molecular complexity index is 120. The molecule has 0 aromatic heterocycles. The summed E-state index contributed by atoms with van der Waals surface area (Å²) in [5, 5.41) is 9.84.